The first-order valence-corrected chi connectivity index (χ1v) is 6.67. The number of halogens is 1. The molecule has 2 rings (SSSR count). The zero-order valence-electron chi connectivity index (χ0n) is 10.3. The zero-order valence-corrected chi connectivity index (χ0v) is 11.9. The van der Waals surface area contributed by atoms with Gasteiger partial charge in [-0.15, -0.1) is 0 Å². The predicted molar refractivity (Wildman–Crippen MR) is 75.7 cm³/mol. The summed E-state index contributed by atoms with van der Waals surface area (Å²) in [6.07, 6.45) is 0.871. The molecule has 0 radical (unpaired) electrons. The van der Waals surface area contributed by atoms with Gasteiger partial charge in [-0.25, -0.2) is 0 Å². The summed E-state index contributed by atoms with van der Waals surface area (Å²) in [7, 11) is 0. The van der Waals surface area contributed by atoms with Crippen LogP contribution < -0.4 is 5.43 Å². The Bertz CT molecular complexity index is 613. The normalized spacial score (nSPS) is 11.4. The molecule has 0 N–H and O–H groups in total. The number of fused-ring (bicyclic) bond motifs is 1. The molecule has 1 aromatic heterocycles. The van der Waals surface area contributed by atoms with Gasteiger partial charge < -0.3 is 4.57 Å². The van der Waals surface area contributed by atoms with Crippen molar-refractivity contribution in [3.05, 3.63) is 44.7 Å². The van der Waals surface area contributed by atoms with Crippen LogP contribution in [-0.2, 0) is 6.42 Å². The largest absolute Gasteiger partial charge is 0.342 e. The molecule has 2 aromatic rings. The van der Waals surface area contributed by atoms with Gasteiger partial charge in [0.25, 0.3) is 0 Å². The molecule has 0 atom stereocenters. The van der Waals surface area contributed by atoms with Gasteiger partial charge in [-0.05, 0) is 38.5 Å². The fourth-order valence-electron chi connectivity index (χ4n) is 2.25. The number of hydrogen-bond donors (Lipinski definition) is 0. The van der Waals surface area contributed by atoms with E-state index in [9.17, 15) is 4.79 Å². The van der Waals surface area contributed by atoms with Crippen molar-refractivity contribution in [1.82, 2.24) is 4.57 Å². The van der Waals surface area contributed by atoms with E-state index in [4.69, 9.17) is 0 Å². The summed E-state index contributed by atoms with van der Waals surface area (Å²) in [5.41, 5.74) is 2.22. The molecule has 0 bridgehead atoms. The van der Waals surface area contributed by atoms with Crippen molar-refractivity contribution in [2.75, 3.05) is 0 Å². The minimum absolute atomic E-state index is 0.112. The van der Waals surface area contributed by atoms with Crippen LogP contribution in [0.4, 0.5) is 0 Å². The molecular weight excluding hydrogens is 278 g/mol. The Balaban J connectivity index is 2.95. The van der Waals surface area contributed by atoms with Gasteiger partial charge in [-0.3, -0.25) is 4.79 Å². The van der Waals surface area contributed by atoms with Crippen molar-refractivity contribution in [2.24, 2.45) is 0 Å². The molecule has 0 spiro atoms. The number of hydrogen-bond acceptors (Lipinski definition) is 1. The van der Waals surface area contributed by atoms with E-state index in [0.717, 1.165) is 27.5 Å². The molecule has 17 heavy (non-hydrogen) atoms. The van der Waals surface area contributed by atoms with Crippen molar-refractivity contribution in [1.29, 1.82) is 0 Å². The molecule has 1 aromatic carbocycles. The van der Waals surface area contributed by atoms with Gasteiger partial charge in [0.1, 0.15) is 0 Å². The van der Waals surface area contributed by atoms with Crippen molar-refractivity contribution in [2.45, 2.75) is 33.2 Å². The number of rotatable bonds is 2. The molecule has 1 heterocycles. The maximum atomic E-state index is 12.0. The number of aromatic nitrogens is 1. The standard InChI is InChI=1S/C14H16BrNO/c1-4-11-8-14(17)12-6-5-10(15)7-13(12)16(11)9(2)3/h5-9H,4H2,1-3H3. The van der Waals surface area contributed by atoms with E-state index in [2.05, 4.69) is 41.3 Å². The zero-order chi connectivity index (χ0) is 12.6. The van der Waals surface area contributed by atoms with Gasteiger partial charge in [0.15, 0.2) is 5.43 Å². The van der Waals surface area contributed by atoms with Crippen molar-refractivity contribution in [3.63, 3.8) is 0 Å². The van der Waals surface area contributed by atoms with Crippen LogP contribution in [0.3, 0.4) is 0 Å². The average Bonchev–Trinajstić information content (AvgIpc) is 2.27. The second-order valence-electron chi connectivity index (χ2n) is 4.48. The second kappa shape index (κ2) is 4.65. The van der Waals surface area contributed by atoms with Crippen LogP contribution in [0, 0.1) is 0 Å². The molecular formula is C14H16BrNO. The molecule has 90 valence electrons. The maximum absolute atomic E-state index is 12.0. The van der Waals surface area contributed by atoms with Gasteiger partial charge >= 0.3 is 0 Å². The van der Waals surface area contributed by atoms with Gasteiger partial charge in [-0.1, -0.05) is 22.9 Å². The molecule has 3 heteroatoms. The average molecular weight is 294 g/mol. The lowest BCUT2D eigenvalue weighted by Crippen LogP contribution is -2.15. The molecule has 0 unspecified atom stereocenters. The molecule has 0 aliphatic heterocycles. The lowest BCUT2D eigenvalue weighted by molar-refractivity contribution is 0.591. The lowest BCUT2D eigenvalue weighted by Gasteiger charge is -2.19. The van der Waals surface area contributed by atoms with Crippen LogP contribution in [0.1, 0.15) is 32.5 Å². The fourth-order valence-corrected chi connectivity index (χ4v) is 2.60. The highest BCUT2D eigenvalue weighted by Crippen LogP contribution is 2.22. The van der Waals surface area contributed by atoms with Crippen LogP contribution in [0.2, 0.25) is 0 Å². The quantitative estimate of drug-likeness (QED) is 0.823. The third-order valence-corrected chi connectivity index (χ3v) is 3.46. The molecule has 0 aliphatic rings. The molecule has 2 nitrogen and oxygen atoms in total. The summed E-state index contributed by atoms with van der Waals surface area (Å²) in [6.45, 7) is 6.37. The number of nitrogens with zero attached hydrogens (tertiary/aromatic N) is 1. The summed E-state index contributed by atoms with van der Waals surface area (Å²) in [6, 6.07) is 7.94. The highest BCUT2D eigenvalue weighted by atomic mass is 79.9. The Morgan fingerprint density at radius 1 is 1.29 bits per heavy atom. The first-order valence-electron chi connectivity index (χ1n) is 5.88. The second-order valence-corrected chi connectivity index (χ2v) is 5.39. The Labute approximate surface area is 109 Å². The Hall–Kier alpha value is -1.09. The van der Waals surface area contributed by atoms with E-state index in [-0.39, 0.29) is 5.43 Å². The molecule has 0 saturated carbocycles. The number of aryl methyl sites for hydroxylation is 1. The van der Waals surface area contributed by atoms with Gasteiger partial charge in [0.2, 0.25) is 0 Å². The minimum Gasteiger partial charge on any atom is -0.342 e. The highest BCUT2D eigenvalue weighted by Gasteiger charge is 2.10. The fraction of sp³-hybridized carbons (Fsp3) is 0.357. The Morgan fingerprint density at radius 2 is 2.00 bits per heavy atom. The summed E-state index contributed by atoms with van der Waals surface area (Å²) >= 11 is 3.47. The smallest absolute Gasteiger partial charge is 0.189 e. The molecule has 0 saturated heterocycles. The van der Waals surface area contributed by atoms with E-state index >= 15 is 0 Å². The van der Waals surface area contributed by atoms with Gasteiger partial charge in [-0.2, -0.15) is 0 Å². The van der Waals surface area contributed by atoms with Crippen LogP contribution >= 0.6 is 15.9 Å². The summed E-state index contributed by atoms with van der Waals surface area (Å²) in [4.78, 5) is 12.0. The van der Waals surface area contributed by atoms with E-state index in [1.165, 1.54) is 0 Å². The maximum Gasteiger partial charge on any atom is 0.189 e. The van der Waals surface area contributed by atoms with Gasteiger partial charge in [0.05, 0.1) is 5.52 Å². The van der Waals surface area contributed by atoms with Crippen molar-refractivity contribution in [3.8, 4) is 0 Å². The monoisotopic (exact) mass is 293 g/mol. The minimum atomic E-state index is 0.112. The first-order chi connectivity index (χ1) is 8.04. The molecule has 0 fully saturated rings. The number of pyridine rings is 1. The SMILES string of the molecule is CCc1cc(=O)c2ccc(Br)cc2n1C(C)C. The van der Waals surface area contributed by atoms with Crippen LogP contribution in [-0.4, -0.2) is 4.57 Å². The van der Waals surface area contributed by atoms with Crippen molar-refractivity contribution < 1.29 is 0 Å². The summed E-state index contributed by atoms with van der Waals surface area (Å²) in [5, 5.41) is 0.791. The first kappa shape index (κ1) is 12.4. The van der Waals surface area contributed by atoms with Gasteiger partial charge in [0, 0.05) is 27.7 Å². The summed E-state index contributed by atoms with van der Waals surface area (Å²) < 4.78 is 3.24. The van der Waals surface area contributed by atoms with Crippen LogP contribution in [0.25, 0.3) is 10.9 Å². The van der Waals surface area contributed by atoms with E-state index in [0.29, 0.717) is 6.04 Å². The predicted octanol–water partition coefficient (Wildman–Crippen LogP) is 3.91. The summed E-state index contributed by atoms with van der Waals surface area (Å²) in [5.74, 6) is 0. The van der Waals surface area contributed by atoms with Crippen LogP contribution in [0.15, 0.2) is 33.5 Å². The third-order valence-electron chi connectivity index (χ3n) is 2.97. The highest BCUT2D eigenvalue weighted by molar-refractivity contribution is 9.10. The number of benzene rings is 1. The van der Waals surface area contributed by atoms with E-state index in [1.807, 2.05) is 18.2 Å². The van der Waals surface area contributed by atoms with E-state index < -0.39 is 0 Å². The Morgan fingerprint density at radius 3 is 2.59 bits per heavy atom. The van der Waals surface area contributed by atoms with E-state index in [1.54, 1.807) is 6.07 Å². The van der Waals surface area contributed by atoms with Crippen LogP contribution in [0.5, 0.6) is 0 Å². The topological polar surface area (TPSA) is 22.0 Å². The lowest BCUT2D eigenvalue weighted by atomic mass is 10.1. The third kappa shape index (κ3) is 2.16. The molecule has 0 amide bonds. The Kier molecular flexibility index (Phi) is 3.38. The van der Waals surface area contributed by atoms with Crippen molar-refractivity contribution >= 4 is 26.8 Å². The molecule has 0 aliphatic carbocycles.